The minimum Gasteiger partial charge on any atom is -0.371 e. The number of rotatable bonds is 3. The van der Waals surface area contributed by atoms with Gasteiger partial charge in [0.2, 0.25) is 0 Å². The SMILES string of the molecule is C[C@@H]1OC(C)(C)CC(=O)[C@H]1P(=O)(c1ccccc1)c1ccccc1. The lowest BCUT2D eigenvalue weighted by molar-refractivity contribution is -0.144. The number of hydrogen-bond donors (Lipinski definition) is 0. The van der Waals surface area contributed by atoms with Crippen molar-refractivity contribution in [3.63, 3.8) is 0 Å². The van der Waals surface area contributed by atoms with Crippen molar-refractivity contribution < 1.29 is 14.1 Å². The van der Waals surface area contributed by atoms with Crippen LogP contribution < -0.4 is 10.6 Å². The van der Waals surface area contributed by atoms with Crippen LogP contribution in [-0.4, -0.2) is 23.1 Å². The van der Waals surface area contributed by atoms with Crippen LogP contribution in [0.2, 0.25) is 0 Å². The minimum atomic E-state index is -3.14. The number of carbonyl (C=O) groups is 1. The average molecular weight is 342 g/mol. The van der Waals surface area contributed by atoms with Crippen molar-refractivity contribution in [2.24, 2.45) is 0 Å². The third-order valence-electron chi connectivity index (χ3n) is 4.55. The maximum absolute atomic E-state index is 14.3. The highest BCUT2D eigenvalue weighted by Crippen LogP contribution is 2.53. The van der Waals surface area contributed by atoms with Crippen LogP contribution in [0.15, 0.2) is 60.7 Å². The molecule has 4 heteroatoms. The molecule has 0 spiro atoms. The quantitative estimate of drug-likeness (QED) is 0.802. The van der Waals surface area contributed by atoms with Gasteiger partial charge >= 0.3 is 0 Å². The molecule has 0 saturated carbocycles. The van der Waals surface area contributed by atoms with E-state index in [1.54, 1.807) is 0 Å². The van der Waals surface area contributed by atoms with Crippen LogP contribution in [-0.2, 0) is 14.1 Å². The van der Waals surface area contributed by atoms with Gasteiger partial charge in [0.1, 0.15) is 11.4 Å². The zero-order valence-corrected chi connectivity index (χ0v) is 15.2. The minimum absolute atomic E-state index is 0.0230. The Balaban J connectivity index is 2.17. The van der Waals surface area contributed by atoms with E-state index in [1.807, 2.05) is 81.4 Å². The Morgan fingerprint density at radius 1 is 0.958 bits per heavy atom. The lowest BCUT2D eigenvalue weighted by Gasteiger charge is -2.41. The van der Waals surface area contributed by atoms with E-state index in [2.05, 4.69) is 0 Å². The smallest absolute Gasteiger partial charge is 0.155 e. The monoisotopic (exact) mass is 342 g/mol. The molecule has 1 saturated heterocycles. The third kappa shape index (κ3) is 2.99. The van der Waals surface area contributed by atoms with Crippen molar-refractivity contribution in [2.45, 2.75) is 44.6 Å². The van der Waals surface area contributed by atoms with Crippen LogP contribution in [0.3, 0.4) is 0 Å². The van der Waals surface area contributed by atoms with Gasteiger partial charge in [0.25, 0.3) is 0 Å². The fourth-order valence-electron chi connectivity index (χ4n) is 3.66. The van der Waals surface area contributed by atoms with Gasteiger partial charge in [0, 0.05) is 17.0 Å². The number of hydrogen-bond acceptors (Lipinski definition) is 3. The fraction of sp³-hybridized carbons (Fsp3) is 0.350. The zero-order chi connectivity index (χ0) is 17.4. The van der Waals surface area contributed by atoms with Gasteiger partial charge < -0.3 is 9.30 Å². The van der Waals surface area contributed by atoms with Gasteiger partial charge in [-0.15, -0.1) is 0 Å². The highest BCUT2D eigenvalue weighted by Gasteiger charge is 2.50. The van der Waals surface area contributed by atoms with Gasteiger partial charge in [-0.2, -0.15) is 0 Å². The van der Waals surface area contributed by atoms with Crippen molar-refractivity contribution in [1.29, 1.82) is 0 Å². The summed E-state index contributed by atoms with van der Waals surface area (Å²) in [5.74, 6) is 0.0230. The molecule has 0 unspecified atom stereocenters. The largest absolute Gasteiger partial charge is 0.371 e. The first-order chi connectivity index (χ1) is 11.3. The Morgan fingerprint density at radius 3 is 1.83 bits per heavy atom. The van der Waals surface area contributed by atoms with E-state index in [4.69, 9.17) is 4.74 Å². The molecule has 1 aliphatic heterocycles. The highest BCUT2D eigenvalue weighted by molar-refractivity contribution is 7.80. The van der Waals surface area contributed by atoms with Gasteiger partial charge in [-0.05, 0) is 20.8 Å². The Bertz CT molecular complexity index is 724. The summed E-state index contributed by atoms with van der Waals surface area (Å²) in [6.07, 6.45) is -0.112. The lowest BCUT2D eigenvalue weighted by atomic mass is 9.94. The van der Waals surface area contributed by atoms with Crippen LogP contribution >= 0.6 is 7.14 Å². The van der Waals surface area contributed by atoms with Crippen LogP contribution in [0.5, 0.6) is 0 Å². The topological polar surface area (TPSA) is 43.4 Å². The second kappa shape index (κ2) is 6.31. The van der Waals surface area contributed by atoms with Gasteiger partial charge in [-0.3, -0.25) is 4.79 Å². The molecule has 0 aromatic heterocycles. The molecule has 0 amide bonds. The van der Waals surface area contributed by atoms with E-state index < -0.39 is 24.5 Å². The van der Waals surface area contributed by atoms with Gasteiger partial charge in [-0.1, -0.05) is 60.7 Å². The van der Waals surface area contributed by atoms with Crippen molar-refractivity contribution in [3.05, 3.63) is 60.7 Å². The maximum atomic E-state index is 14.3. The number of ketones is 1. The molecule has 2 aromatic carbocycles. The summed E-state index contributed by atoms with van der Waals surface area (Å²) in [5, 5.41) is 1.43. The number of Topliss-reactive ketones (excluding diaryl/α,β-unsaturated/α-hetero) is 1. The van der Waals surface area contributed by atoms with Crippen LogP contribution in [0.1, 0.15) is 27.2 Å². The lowest BCUT2D eigenvalue weighted by Crippen LogP contribution is -2.50. The first-order valence-corrected chi connectivity index (χ1v) is 10.0. The second-order valence-electron chi connectivity index (χ2n) is 7.00. The molecule has 0 aliphatic carbocycles. The van der Waals surface area contributed by atoms with E-state index in [0.717, 1.165) is 0 Å². The van der Waals surface area contributed by atoms with E-state index >= 15 is 0 Å². The summed E-state index contributed by atoms with van der Waals surface area (Å²) in [4.78, 5) is 13.0. The molecule has 126 valence electrons. The van der Waals surface area contributed by atoms with E-state index in [9.17, 15) is 9.36 Å². The molecule has 1 aliphatic rings. The van der Waals surface area contributed by atoms with Crippen molar-refractivity contribution in [1.82, 2.24) is 0 Å². The molecular formula is C20H23O3P. The van der Waals surface area contributed by atoms with Crippen LogP contribution in [0, 0.1) is 0 Å². The Hall–Kier alpha value is -1.70. The Kier molecular flexibility index (Phi) is 4.50. The molecule has 3 rings (SSSR count). The molecule has 0 bridgehead atoms. The summed E-state index contributed by atoms with van der Waals surface area (Å²) >= 11 is 0. The van der Waals surface area contributed by atoms with E-state index in [0.29, 0.717) is 10.6 Å². The standard InChI is InChI=1S/C20H23O3P/c1-15-19(18(21)14-20(2,3)23-15)24(22,16-10-6-4-7-11-16)17-12-8-5-9-13-17/h4-13,15,19H,14H2,1-3H3/t15-,19-/m0/s1. The zero-order valence-electron chi connectivity index (χ0n) is 14.3. The average Bonchev–Trinajstić information content (AvgIpc) is 2.54. The molecule has 0 radical (unpaired) electrons. The highest BCUT2D eigenvalue weighted by atomic mass is 31.2. The van der Waals surface area contributed by atoms with Gasteiger partial charge in [0.05, 0.1) is 11.7 Å². The van der Waals surface area contributed by atoms with Crippen LogP contribution in [0.25, 0.3) is 0 Å². The molecule has 24 heavy (non-hydrogen) atoms. The number of ether oxygens (including phenoxy) is 1. The molecule has 1 heterocycles. The van der Waals surface area contributed by atoms with Crippen molar-refractivity contribution >= 4 is 23.5 Å². The second-order valence-corrected chi connectivity index (χ2v) is 9.90. The van der Waals surface area contributed by atoms with Crippen molar-refractivity contribution in [2.75, 3.05) is 0 Å². The predicted molar refractivity (Wildman–Crippen MR) is 97.8 cm³/mol. The first kappa shape index (κ1) is 17.1. The summed E-state index contributed by atoms with van der Waals surface area (Å²) < 4.78 is 20.4. The summed E-state index contributed by atoms with van der Waals surface area (Å²) in [5.41, 5.74) is -1.15. The number of carbonyl (C=O) groups excluding carboxylic acids is 1. The normalized spacial score (nSPS) is 23.9. The van der Waals surface area contributed by atoms with E-state index in [-0.39, 0.29) is 12.2 Å². The van der Waals surface area contributed by atoms with Crippen LogP contribution in [0.4, 0.5) is 0 Å². The molecule has 2 atom stereocenters. The fourth-order valence-corrected chi connectivity index (χ4v) is 6.98. The Labute approximate surface area is 143 Å². The molecule has 2 aromatic rings. The maximum Gasteiger partial charge on any atom is 0.155 e. The molecule has 3 nitrogen and oxygen atoms in total. The summed E-state index contributed by atoms with van der Waals surface area (Å²) in [6.45, 7) is 5.68. The molecule has 0 N–H and O–H groups in total. The summed E-state index contributed by atoms with van der Waals surface area (Å²) in [6, 6.07) is 18.7. The first-order valence-electron chi connectivity index (χ1n) is 8.26. The molecular weight excluding hydrogens is 319 g/mol. The van der Waals surface area contributed by atoms with Gasteiger partial charge in [-0.25, -0.2) is 0 Å². The number of benzene rings is 2. The third-order valence-corrected chi connectivity index (χ3v) is 8.17. The molecule has 1 fully saturated rings. The van der Waals surface area contributed by atoms with Gasteiger partial charge in [0.15, 0.2) is 7.14 Å². The van der Waals surface area contributed by atoms with Crippen molar-refractivity contribution in [3.8, 4) is 0 Å². The van der Waals surface area contributed by atoms with E-state index in [1.165, 1.54) is 0 Å². The predicted octanol–water partition coefficient (Wildman–Crippen LogP) is 3.53. The Morgan fingerprint density at radius 2 is 1.42 bits per heavy atom. The summed E-state index contributed by atoms with van der Waals surface area (Å²) in [7, 11) is -3.14.